The zero-order valence-electron chi connectivity index (χ0n) is 9.23. The van der Waals surface area contributed by atoms with Crippen molar-refractivity contribution in [2.45, 2.75) is 25.6 Å². The van der Waals surface area contributed by atoms with Crippen molar-refractivity contribution in [2.75, 3.05) is 11.4 Å². The average molecular weight is 217 g/mol. The van der Waals surface area contributed by atoms with Crippen molar-refractivity contribution in [3.8, 4) is 0 Å². The minimum Gasteiger partial charge on any atom is -0.351 e. The van der Waals surface area contributed by atoms with E-state index in [2.05, 4.69) is 10.2 Å². The Morgan fingerprint density at radius 3 is 3.12 bits per heavy atom. The van der Waals surface area contributed by atoms with Crippen LogP contribution in [0.3, 0.4) is 0 Å². The van der Waals surface area contributed by atoms with E-state index in [0.717, 1.165) is 29.8 Å². The highest BCUT2D eigenvalue weighted by molar-refractivity contribution is 6.03. The van der Waals surface area contributed by atoms with Gasteiger partial charge in [-0.1, -0.05) is 12.1 Å². The van der Waals surface area contributed by atoms with Gasteiger partial charge in [-0.2, -0.15) is 0 Å². The van der Waals surface area contributed by atoms with Gasteiger partial charge in [-0.15, -0.1) is 0 Å². The number of nitrogens with two attached hydrogens (primary N) is 1. The van der Waals surface area contributed by atoms with Gasteiger partial charge in [0.2, 0.25) is 0 Å². The molecule has 0 saturated carbocycles. The summed E-state index contributed by atoms with van der Waals surface area (Å²) in [7, 11) is 0. The molecule has 0 bridgehead atoms. The number of hydrogen-bond acceptors (Lipinski definition) is 3. The van der Waals surface area contributed by atoms with Gasteiger partial charge in [-0.3, -0.25) is 4.79 Å². The normalized spacial score (nSPS) is 27.4. The molecule has 1 aromatic rings. The van der Waals surface area contributed by atoms with Crippen LogP contribution in [0.5, 0.6) is 0 Å². The number of carbonyl (C=O) groups excluding carboxylic acids is 1. The van der Waals surface area contributed by atoms with Crippen LogP contribution < -0.4 is 16.0 Å². The summed E-state index contributed by atoms with van der Waals surface area (Å²) in [5.41, 5.74) is 8.99. The highest BCUT2D eigenvalue weighted by Gasteiger charge is 2.34. The molecule has 84 valence electrons. The molecule has 4 nitrogen and oxygen atoms in total. The lowest BCUT2D eigenvalue weighted by atomic mass is 9.92. The molecule has 2 aliphatic heterocycles. The van der Waals surface area contributed by atoms with Crippen LogP contribution >= 0.6 is 0 Å². The zero-order valence-corrected chi connectivity index (χ0v) is 9.23. The monoisotopic (exact) mass is 217 g/mol. The summed E-state index contributed by atoms with van der Waals surface area (Å²) in [4.78, 5) is 14.1. The molecule has 2 aliphatic rings. The summed E-state index contributed by atoms with van der Waals surface area (Å²) in [5, 5.41) is 2.96. The third kappa shape index (κ3) is 1.16. The van der Waals surface area contributed by atoms with E-state index in [-0.39, 0.29) is 18.1 Å². The molecule has 2 heterocycles. The number of anilines is 1. The van der Waals surface area contributed by atoms with Crippen molar-refractivity contribution in [3.63, 3.8) is 0 Å². The molecule has 0 radical (unpaired) electrons. The van der Waals surface area contributed by atoms with Gasteiger partial charge in [0.05, 0.1) is 17.4 Å². The standard InChI is InChI=1S/C12H15N3O/c1-7-14-12(16)9-4-2-3-8-10(13)5-6-15(7)11(8)9/h2-4,7,10H,5-6,13H2,1H3,(H,14,16)/t7-,10?/m1/s1. The van der Waals surface area contributed by atoms with Crippen LogP contribution in [0, 0.1) is 0 Å². The minimum absolute atomic E-state index is 0.00898. The molecular formula is C12H15N3O. The molecule has 4 heteroatoms. The second-order valence-corrected chi connectivity index (χ2v) is 4.48. The summed E-state index contributed by atoms with van der Waals surface area (Å²) in [6, 6.07) is 5.86. The molecule has 0 aromatic heterocycles. The maximum absolute atomic E-state index is 11.9. The van der Waals surface area contributed by atoms with Crippen LogP contribution in [-0.4, -0.2) is 18.6 Å². The lowest BCUT2D eigenvalue weighted by Crippen LogP contribution is -2.53. The maximum atomic E-state index is 11.9. The van der Waals surface area contributed by atoms with E-state index in [1.807, 2.05) is 25.1 Å². The quantitative estimate of drug-likeness (QED) is 0.681. The van der Waals surface area contributed by atoms with E-state index in [9.17, 15) is 4.79 Å². The summed E-state index contributed by atoms with van der Waals surface area (Å²) < 4.78 is 0. The summed E-state index contributed by atoms with van der Waals surface area (Å²) >= 11 is 0. The second kappa shape index (κ2) is 3.22. The first-order chi connectivity index (χ1) is 7.68. The molecular weight excluding hydrogens is 202 g/mol. The topological polar surface area (TPSA) is 58.4 Å². The number of rotatable bonds is 0. The van der Waals surface area contributed by atoms with E-state index in [1.165, 1.54) is 0 Å². The molecule has 0 fully saturated rings. The van der Waals surface area contributed by atoms with Gasteiger partial charge in [0.25, 0.3) is 5.91 Å². The van der Waals surface area contributed by atoms with Crippen LogP contribution in [-0.2, 0) is 0 Å². The largest absolute Gasteiger partial charge is 0.351 e. The number of para-hydroxylation sites is 1. The average Bonchev–Trinajstić information content (AvgIpc) is 2.27. The van der Waals surface area contributed by atoms with Crippen molar-refractivity contribution in [1.29, 1.82) is 0 Å². The van der Waals surface area contributed by atoms with Crippen molar-refractivity contribution < 1.29 is 4.79 Å². The fourth-order valence-corrected chi connectivity index (χ4v) is 2.64. The van der Waals surface area contributed by atoms with E-state index in [0.29, 0.717) is 0 Å². The van der Waals surface area contributed by atoms with Crippen molar-refractivity contribution in [2.24, 2.45) is 5.73 Å². The van der Waals surface area contributed by atoms with Gasteiger partial charge in [0.15, 0.2) is 0 Å². The number of carbonyl (C=O) groups is 1. The lowest BCUT2D eigenvalue weighted by Gasteiger charge is -2.42. The Balaban J connectivity index is 2.24. The van der Waals surface area contributed by atoms with E-state index in [1.54, 1.807) is 0 Å². The first-order valence-corrected chi connectivity index (χ1v) is 5.64. The molecule has 1 amide bonds. The molecule has 3 N–H and O–H groups in total. The highest BCUT2D eigenvalue weighted by atomic mass is 16.2. The molecule has 0 spiro atoms. The third-order valence-electron chi connectivity index (χ3n) is 3.49. The zero-order chi connectivity index (χ0) is 11.3. The van der Waals surface area contributed by atoms with Gasteiger partial charge >= 0.3 is 0 Å². The Hall–Kier alpha value is -1.55. The van der Waals surface area contributed by atoms with Gasteiger partial charge < -0.3 is 16.0 Å². The first kappa shape index (κ1) is 9.66. The van der Waals surface area contributed by atoms with Gasteiger partial charge in [0.1, 0.15) is 0 Å². The fraction of sp³-hybridized carbons (Fsp3) is 0.417. The van der Waals surface area contributed by atoms with Crippen molar-refractivity contribution in [1.82, 2.24) is 5.32 Å². The first-order valence-electron chi connectivity index (χ1n) is 5.64. The van der Waals surface area contributed by atoms with E-state index in [4.69, 9.17) is 5.73 Å². The number of hydrogen-bond donors (Lipinski definition) is 2. The molecule has 1 unspecified atom stereocenters. The van der Waals surface area contributed by atoms with Gasteiger partial charge in [-0.25, -0.2) is 0 Å². The Morgan fingerprint density at radius 1 is 1.50 bits per heavy atom. The summed E-state index contributed by atoms with van der Waals surface area (Å²) in [6.07, 6.45) is 1.00. The lowest BCUT2D eigenvalue weighted by molar-refractivity contribution is 0.0929. The number of amides is 1. The predicted octanol–water partition coefficient (Wildman–Crippen LogP) is 0.986. The van der Waals surface area contributed by atoms with Crippen LogP contribution in [0.2, 0.25) is 0 Å². The fourth-order valence-electron chi connectivity index (χ4n) is 2.64. The molecule has 0 aliphatic carbocycles. The van der Waals surface area contributed by atoms with Gasteiger partial charge in [-0.05, 0) is 25.0 Å². The van der Waals surface area contributed by atoms with E-state index < -0.39 is 0 Å². The Bertz CT molecular complexity index is 458. The molecule has 3 rings (SSSR count). The molecule has 0 saturated heterocycles. The second-order valence-electron chi connectivity index (χ2n) is 4.48. The molecule has 16 heavy (non-hydrogen) atoms. The molecule has 2 atom stereocenters. The summed E-state index contributed by atoms with van der Waals surface area (Å²) in [6.45, 7) is 2.92. The number of nitrogens with zero attached hydrogens (tertiary/aromatic N) is 1. The minimum atomic E-state index is 0.00898. The maximum Gasteiger partial charge on any atom is 0.254 e. The van der Waals surface area contributed by atoms with Crippen LogP contribution in [0.4, 0.5) is 5.69 Å². The number of nitrogens with one attached hydrogen (secondary N) is 1. The van der Waals surface area contributed by atoms with Crippen LogP contribution in [0.1, 0.15) is 35.3 Å². The highest BCUT2D eigenvalue weighted by Crippen LogP contribution is 2.38. The Morgan fingerprint density at radius 2 is 2.31 bits per heavy atom. The SMILES string of the molecule is C[C@@H]1NC(=O)c2cccc3c2N1CCC3N. The molecule has 1 aromatic carbocycles. The van der Waals surface area contributed by atoms with Crippen LogP contribution in [0.25, 0.3) is 0 Å². The van der Waals surface area contributed by atoms with Gasteiger partial charge in [0, 0.05) is 12.6 Å². The number of benzene rings is 1. The van der Waals surface area contributed by atoms with Crippen molar-refractivity contribution in [3.05, 3.63) is 29.3 Å². The smallest absolute Gasteiger partial charge is 0.254 e. The Kier molecular flexibility index (Phi) is 1.94. The Labute approximate surface area is 94.4 Å². The predicted molar refractivity (Wildman–Crippen MR) is 62.3 cm³/mol. The van der Waals surface area contributed by atoms with Crippen LogP contribution in [0.15, 0.2) is 18.2 Å². The summed E-state index contributed by atoms with van der Waals surface area (Å²) in [5.74, 6) is 0.00898. The van der Waals surface area contributed by atoms with Crippen molar-refractivity contribution >= 4 is 11.6 Å². The van der Waals surface area contributed by atoms with E-state index >= 15 is 0 Å². The third-order valence-corrected chi connectivity index (χ3v) is 3.49.